The molecule has 1 unspecified atom stereocenters. The minimum Gasteiger partial charge on any atom is -0.359 e. The predicted molar refractivity (Wildman–Crippen MR) is 153 cm³/mol. The summed E-state index contributed by atoms with van der Waals surface area (Å²) in [6.07, 6.45) is 1.64. The lowest BCUT2D eigenvalue weighted by Gasteiger charge is -2.40. The van der Waals surface area contributed by atoms with Gasteiger partial charge in [-0.15, -0.1) is 35.3 Å². The Hall–Kier alpha value is -2.33. The first-order valence-electron chi connectivity index (χ1n) is 11.2. The van der Waals surface area contributed by atoms with Gasteiger partial charge in [-0.3, -0.25) is 14.6 Å². The molecule has 5 rings (SSSR count). The number of hydrogen-bond acceptors (Lipinski definition) is 7. The number of thiazole rings is 1. The van der Waals surface area contributed by atoms with Crippen LogP contribution in [0.4, 0.5) is 0 Å². The number of piperazine rings is 1. The van der Waals surface area contributed by atoms with Crippen molar-refractivity contribution < 1.29 is 18.0 Å². The summed E-state index contributed by atoms with van der Waals surface area (Å²) in [6, 6.07) is 7.77. The van der Waals surface area contributed by atoms with E-state index in [0.29, 0.717) is 21.4 Å². The summed E-state index contributed by atoms with van der Waals surface area (Å²) < 4.78 is 29.1. The summed E-state index contributed by atoms with van der Waals surface area (Å²) in [5.41, 5.74) is 2.12. The normalized spacial score (nSPS) is 16.6. The number of hydrogen-bond donors (Lipinski definition) is 2. The van der Waals surface area contributed by atoms with Gasteiger partial charge in [-0.2, -0.15) is 4.31 Å². The molecule has 2 N–H and O–H groups in total. The number of nitrogens with zero attached hydrogens (tertiary/aromatic N) is 4. The predicted octanol–water partition coefficient (Wildman–Crippen LogP) is 3.40. The lowest BCUT2D eigenvalue weighted by molar-refractivity contribution is -0.121. The Labute approximate surface area is 239 Å². The molecule has 1 aliphatic rings. The molecule has 196 valence electrons. The summed E-state index contributed by atoms with van der Waals surface area (Å²) >= 11 is 7.27. The second-order valence-electron chi connectivity index (χ2n) is 8.57. The van der Waals surface area contributed by atoms with Crippen LogP contribution in [-0.2, 0) is 14.8 Å². The van der Waals surface area contributed by atoms with Crippen molar-refractivity contribution in [2.24, 2.45) is 0 Å². The molecule has 0 saturated carbocycles. The highest BCUT2D eigenvalue weighted by Crippen LogP contribution is 2.28. The fourth-order valence-corrected chi connectivity index (χ4v) is 6.84. The first kappa shape index (κ1) is 27.7. The highest BCUT2D eigenvalue weighted by Gasteiger charge is 2.38. The Morgan fingerprint density at radius 2 is 2.03 bits per heavy atom. The molecule has 0 aliphatic carbocycles. The average Bonchev–Trinajstić information content (AvgIpc) is 3.47. The summed E-state index contributed by atoms with van der Waals surface area (Å²) in [6.45, 7) is 2.03. The maximum atomic E-state index is 13.5. The molecule has 4 aromatic rings. The van der Waals surface area contributed by atoms with Gasteiger partial charge in [0.15, 0.2) is 5.01 Å². The second-order valence-corrected chi connectivity index (χ2v) is 11.9. The number of nitrogens with one attached hydrogen (secondary N) is 2. The van der Waals surface area contributed by atoms with Gasteiger partial charge in [-0.25, -0.2) is 13.4 Å². The van der Waals surface area contributed by atoms with Crippen LogP contribution in [0.5, 0.6) is 0 Å². The fourth-order valence-electron chi connectivity index (χ4n) is 4.31. The molecule has 1 aromatic carbocycles. The molecule has 1 atom stereocenters. The summed E-state index contributed by atoms with van der Waals surface area (Å²) in [5, 5.41) is 4.06. The number of aromatic amines is 1. The van der Waals surface area contributed by atoms with Gasteiger partial charge in [0.25, 0.3) is 15.9 Å². The highest BCUT2D eigenvalue weighted by atomic mass is 127. The number of aromatic nitrogens is 3. The van der Waals surface area contributed by atoms with Crippen LogP contribution >= 0.6 is 46.9 Å². The number of H-pyrrole nitrogens is 1. The van der Waals surface area contributed by atoms with E-state index >= 15 is 0 Å². The van der Waals surface area contributed by atoms with E-state index in [-0.39, 0.29) is 71.9 Å². The number of halogens is 2. The standard InChI is InChI=1S/C23H23ClN6O4S2.HI/c1-13-7-18-19(11-26-13)35-22(28-18)23(32)30-6-5-29(12-16(30)10-20(31)25-2)36(33,34)21-9-14-8-15(24)3-4-17(14)27-21;/h3-4,7-9,11,16,27H,5-6,10,12H2,1-2H3,(H,25,31);1H. The van der Waals surface area contributed by atoms with Crippen molar-refractivity contribution in [3.63, 3.8) is 0 Å². The molecular formula is C23H24ClIN6O4S2. The molecule has 0 spiro atoms. The van der Waals surface area contributed by atoms with Gasteiger partial charge in [-0.05, 0) is 37.3 Å². The topological polar surface area (TPSA) is 128 Å². The number of carbonyl (C=O) groups excluding carboxylic acids is 2. The zero-order valence-corrected chi connectivity index (χ0v) is 24.6. The number of pyridine rings is 1. The fraction of sp³-hybridized carbons (Fsp3) is 0.304. The van der Waals surface area contributed by atoms with Crippen molar-refractivity contribution in [3.8, 4) is 0 Å². The van der Waals surface area contributed by atoms with Crippen molar-refractivity contribution in [2.75, 3.05) is 26.7 Å². The quantitative estimate of drug-likeness (QED) is 0.313. The van der Waals surface area contributed by atoms with Crippen LogP contribution in [0.15, 0.2) is 41.6 Å². The van der Waals surface area contributed by atoms with Crippen molar-refractivity contribution in [1.29, 1.82) is 0 Å². The zero-order chi connectivity index (χ0) is 25.6. The van der Waals surface area contributed by atoms with E-state index in [0.717, 1.165) is 10.4 Å². The molecule has 1 aliphatic heterocycles. The van der Waals surface area contributed by atoms with Crippen LogP contribution in [0.2, 0.25) is 5.02 Å². The van der Waals surface area contributed by atoms with Crippen molar-refractivity contribution in [2.45, 2.75) is 24.4 Å². The van der Waals surface area contributed by atoms with E-state index in [1.807, 2.05) is 13.0 Å². The molecule has 4 heterocycles. The lowest BCUT2D eigenvalue weighted by atomic mass is 10.1. The van der Waals surface area contributed by atoms with Gasteiger partial charge in [0.2, 0.25) is 5.91 Å². The van der Waals surface area contributed by atoms with Crippen LogP contribution in [0, 0.1) is 6.92 Å². The van der Waals surface area contributed by atoms with Gasteiger partial charge in [0.05, 0.1) is 16.3 Å². The highest BCUT2D eigenvalue weighted by molar-refractivity contribution is 14.0. The monoisotopic (exact) mass is 674 g/mol. The van der Waals surface area contributed by atoms with Gasteiger partial charge in [0.1, 0.15) is 5.03 Å². The minimum absolute atomic E-state index is 0. The van der Waals surface area contributed by atoms with E-state index in [2.05, 4.69) is 20.3 Å². The van der Waals surface area contributed by atoms with E-state index in [1.54, 1.807) is 35.4 Å². The molecule has 0 bridgehead atoms. The number of amides is 2. The third-order valence-corrected chi connectivity index (χ3v) is 9.19. The Kier molecular flexibility index (Phi) is 8.09. The molecule has 1 fully saturated rings. The van der Waals surface area contributed by atoms with Crippen LogP contribution in [-0.4, -0.2) is 77.1 Å². The largest absolute Gasteiger partial charge is 0.359 e. The SMILES string of the molecule is CNC(=O)CC1CN(S(=O)(=O)c2cc3cc(Cl)ccc3[nH]2)CCN1C(=O)c1nc2cc(C)ncc2s1.I. The van der Waals surface area contributed by atoms with E-state index < -0.39 is 16.1 Å². The van der Waals surface area contributed by atoms with Crippen LogP contribution in [0.1, 0.15) is 21.9 Å². The summed E-state index contributed by atoms with van der Waals surface area (Å²) in [5.74, 6) is -0.624. The third kappa shape index (κ3) is 5.46. The smallest absolute Gasteiger partial charge is 0.283 e. The first-order chi connectivity index (χ1) is 17.2. The Morgan fingerprint density at radius 1 is 1.24 bits per heavy atom. The van der Waals surface area contributed by atoms with Crippen LogP contribution < -0.4 is 5.32 Å². The molecule has 3 aromatic heterocycles. The number of aryl methyl sites for hydroxylation is 1. The van der Waals surface area contributed by atoms with E-state index in [9.17, 15) is 18.0 Å². The van der Waals surface area contributed by atoms with Crippen molar-refractivity contribution in [1.82, 2.24) is 29.5 Å². The molecule has 0 radical (unpaired) electrons. The minimum atomic E-state index is -3.91. The maximum Gasteiger partial charge on any atom is 0.283 e. The summed E-state index contributed by atoms with van der Waals surface area (Å²) in [7, 11) is -2.40. The number of fused-ring (bicyclic) bond motifs is 2. The Morgan fingerprint density at radius 3 is 2.78 bits per heavy atom. The molecule has 37 heavy (non-hydrogen) atoms. The van der Waals surface area contributed by atoms with E-state index in [4.69, 9.17) is 11.6 Å². The maximum absolute atomic E-state index is 13.5. The van der Waals surface area contributed by atoms with Gasteiger partial charge < -0.3 is 15.2 Å². The van der Waals surface area contributed by atoms with Crippen molar-refractivity contribution in [3.05, 3.63) is 52.3 Å². The van der Waals surface area contributed by atoms with Gasteiger partial charge in [0, 0.05) is 60.9 Å². The third-order valence-electron chi connectivity index (χ3n) is 6.18. The van der Waals surface area contributed by atoms with Crippen LogP contribution in [0.25, 0.3) is 21.1 Å². The molecule has 2 amide bonds. The number of sulfonamides is 1. The van der Waals surface area contributed by atoms with Gasteiger partial charge >= 0.3 is 0 Å². The first-order valence-corrected chi connectivity index (χ1v) is 13.8. The number of benzene rings is 1. The molecular weight excluding hydrogens is 651 g/mol. The molecule has 14 heteroatoms. The molecule has 1 saturated heterocycles. The molecule has 10 nitrogen and oxygen atoms in total. The second kappa shape index (κ2) is 10.8. The Bertz CT molecular complexity index is 1610. The van der Waals surface area contributed by atoms with E-state index in [1.165, 1.54) is 22.7 Å². The average molecular weight is 675 g/mol. The van der Waals surface area contributed by atoms with Gasteiger partial charge in [-0.1, -0.05) is 11.6 Å². The zero-order valence-electron chi connectivity index (χ0n) is 19.9. The number of rotatable bonds is 5. The Balaban J connectivity index is 0.00000320. The lowest BCUT2D eigenvalue weighted by Crippen LogP contribution is -2.57. The summed E-state index contributed by atoms with van der Waals surface area (Å²) in [4.78, 5) is 38.9. The van der Waals surface area contributed by atoms with Crippen LogP contribution in [0.3, 0.4) is 0 Å². The van der Waals surface area contributed by atoms with Crippen molar-refractivity contribution >= 4 is 89.9 Å². The number of carbonyl (C=O) groups is 2.